The first-order valence-electron chi connectivity index (χ1n) is 8.57. The number of rotatable bonds is 3. The SMILES string of the molecule is Cc1cccc(N2CCc3ncnc(NC4CCC4)c3CC2)n1. The van der Waals surface area contributed by atoms with E-state index in [4.69, 9.17) is 0 Å². The molecule has 1 fully saturated rings. The van der Waals surface area contributed by atoms with Crippen LogP contribution >= 0.6 is 0 Å². The van der Waals surface area contributed by atoms with E-state index in [9.17, 15) is 0 Å². The molecule has 1 N–H and O–H groups in total. The van der Waals surface area contributed by atoms with Crippen molar-refractivity contribution in [3.63, 3.8) is 0 Å². The van der Waals surface area contributed by atoms with E-state index in [1.807, 2.05) is 13.0 Å². The largest absolute Gasteiger partial charge is 0.367 e. The molecule has 5 nitrogen and oxygen atoms in total. The molecule has 23 heavy (non-hydrogen) atoms. The minimum Gasteiger partial charge on any atom is -0.367 e. The Morgan fingerprint density at radius 1 is 1.13 bits per heavy atom. The summed E-state index contributed by atoms with van der Waals surface area (Å²) in [5, 5.41) is 3.61. The van der Waals surface area contributed by atoms with Gasteiger partial charge in [-0.2, -0.15) is 0 Å². The lowest BCUT2D eigenvalue weighted by molar-refractivity contribution is 0.444. The summed E-state index contributed by atoms with van der Waals surface area (Å²) in [6.45, 7) is 3.97. The minimum atomic E-state index is 0.604. The Morgan fingerprint density at radius 3 is 2.78 bits per heavy atom. The zero-order valence-electron chi connectivity index (χ0n) is 13.6. The maximum Gasteiger partial charge on any atom is 0.133 e. The van der Waals surface area contributed by atoms with Gasteiger partial charge in [0.25, 0.3) is 0 Å². The molecule has 2 aromatic heterocycles. The molecule has 0 spiro atoms. The van der Waals surface area contributed by atoms with Crippen LogP contribution < -0.4 is 10.2 Å². The number of pyridine rings is 1. The molecule has 3 heterocycles. The average molecular weight is 309 g/mol. The van der Waals surface area contributed by atoms with Crippen molar-refractivity contribution in [1.29, 1.82) is 0 Å². The number of fused-ring (bicyclic) bond motifs is 1. The van der Waals surface area contributed by atoms with Crippen LogP contribution in [0, 0.1) is 6.92 Å². The summed E-state index contributed by atoms with van der Waals surface area (Å²) in [6, 6.07) is 6.83. The van der Waals surface area contributed by atoms with E-state index >= 15 is 0 Å². The maximum atomic E-state index is 4.67. The monoisotopic (exact) mass is 309 g/mol. The van der Waals surface area contributed by atoms with Crippen LogP contribution in [0.15, 0.2) is 24.5 Å². The second kappa shape index (κ2) is 6.14. The van der Waals surface area contributed by atoms with E-state index in [0.29, 0.717) is 6.04 Å². The van der Waals surface area contributed by atoms with Gasteiger partial charge in [0.1, 0.15) is 18.0 Å². The highest BCUT2D eigenvalue weighted by molar-refractivity contribution is 5.50. The van der Waals surface area contributed by atoms with Crippen LogP contribution in [0.25, 0.3) is 0 Å². The van der Waals surface area contributed by atoms with Gasteiger partial charge < -0.3 is 10.2 Å². The van der Waals surface area contributed by atoms with E-state index in [0.717, 1.165) is 43.3 Å². The van der Waals surface area contributed by atoms with Crippen molar-refractivity contribution in [3.05, 3.63) is 41.5 Å². The first-order valence-corrected chi connectivity index (χ1v) is 8.57. The predicted octanol–water partition coefficient (Wildman–Crippen LogP) is 2.75. The van der Waals surface area contributed by atoms with Crippen LogP contribution in [-0.2, 0) is 12.8 Å². The second-order valence-electron chi connectivity index (χ2n) is 6.54. The molecule has 120 valence electrons. The number of aryl methyl sites for hydroxylation is 1. The van der Waals surface area contributed by atoms with Crippen molar-refractivity contribution < 1.29 is 0 Å². The van der Waals surface area contributed by atoms with E-state index in [-0.39, 0.29) is 0 Å². The summed E-state index contributed by atoms with van der Waals surface area (Å²) in [5.41, 5.74) is 3.56. The normalized spacial score (nSPS) is 18.0. The fourth-order valence-electron chi connectivity index (χ4n) is 3.33. The third-order valence-electron chi connectivity index (χ3n) is 4.93. The highest BCUT2D eigenvalue weighted by Gasteiger charge is 2.23. The van der Waals surface area contributed by atoms with Crippen LogP contribution in [0.2, 0.25) is 0 Å². The van der Waals surface area contributed by atoms with E-state index in [1.165, 1.54) is 30.5 Å². The van der Waals surface area contributed by atoms with Gasteiger partial charge in [0.05, 0.1) is 5.69 Å². The first-order chi connectivity index (χ1) is 11.3. The van der Waals surface area contributed by atoms with Gasteiger partial charge in [0.2, 0.25) is 0 Å². The number of nitrogens with one attached hydrogen (secondary N) is 1. The average Bonchev–Trinajstić information content (AvgIpc) is 2.74. The molecule has 0 saturated heterocycles. The van der Waals surface area contributed by atoms with E-state index < -0.39 is 0 Å². The summed E-state index contributed by atoms with van der Waals surface area (Å²) in [6.07, 6.45) is 7.49. The van der Waals surface area contributed by atoms with Crippen molar-refractivity contribution in [1.82, 2.24) is 15.0 Å². The summed E-state index contributed by atoms with van der Waals surface area (Å²) >= 11 is 0. The molecule has 0 atom stereocenters. The summed E-state index contributed by atoms with van der Waals surface area (Å²) in [5.74, 6) is 2.12. The van der Waals surface area contributed by atoms with Gasteiger partial charge in [-0.15, -0.1) is 0 Å². The van der Waals surface area contributed by atoms with Crippen molar-refractivity contribution in [2.45, 2.75) is 45.1 Å². The molecular formula is C18H23N5. The van der Waals surface area contributed by atoms with Crippen molar-refractivity contribution in [2.24, 2.45) is 0 Å². The highest BCUT2D eigenvalue weighted by atomic mass is 15.2. The molecule has 1 aliphatic heterocycles. The predicted molar refractivity (Wildman–Crippen MR) is 91.9 cm³/mol. The number of nitrogens with zero attached hydrogens (tertiary/aromatic N) is 4. The molecule has 2 aliphatic rings. The number of hydrogen-bond acceptors (Lipinski definition) is 5. The van der Waals surface area contributed by atoms with Gasteiger partial charge in [-0.25, -0.2) is 15.0 Å². The smallest absolute Gasteiger partial charge is 0.133 e. The standard InChI is InChI=1S/C18H23N5/c1-13-4-2-7-17(21-13)23-10-8-15-16(9-11-23)19-12-20-18(15)22-14-5-3-6-14/h2,4,7,12,14H,3,5-6,8-11H2,1H3,(H,19,20,22). The molecule has 0 aromatic carbocycles. The molecule has 2 aromatic rings. The third kappa shape index (κ3) is 3.00. The van der Waals surface area contributed by atoms with Crippen LogP contribution in [0.5, 0.6) is 0 Å². The maximum absolute atomic E-state index is 4.67. The molecule has 0 radical (unpaired) electrons. The van der Waals surface area contributed by atoms with E-state index in [2.05, 4.69) is 37.3 Å². The lowest BCUT2D eigenvalue weighted by Gasteiger charge is -2.28. The lowest BCUT2D eigenvalue weighted by Crippen LogP contribution is -2.28. The van der Waals surface area contributed by atoms with Gasteiger partial charge >= 0.3 is 0 Å². The molecular weight excluding hydrogens is 286 g/mol. The van der Waals surface area contributed by atoms with Crippen LogP contribution in [-0.4, -0.2) is 34.1 Å². The summed E-state index contributed by atoms with van der Waals surface area (Å²) in [4.78, 5) is 16.1. The zero-order valence-corrected chi connectivity index (χ0v) is 13.6. The summed E-state index contributed by atoms with van der Waals surface area (Å²) in [7, 11) is 0. The van der Waals surface area contributed by atoms with Gasteiger partial charge in [0.15, 0.2) is 0 Å². The number of aromatic nitrogens is 3. The van der Waals surface area contributed by atoms with Gasteiger partial charge in [-0.1, -0.05) is 6.07 Å². The molecule has 0 amide bonds. The fraction of sp³-hybridized carbons (Fsp3) is 0.500. The molecule has 0 bridgehead atoms. The Hall–Kier alpha value is -2.17. The second-order valence-corrected chi connectivity index (χ2v) is 6.54. The first kappa shape index (κ1) is 14.4. The Bertz CT molecular complexity index is 696. The minimum absolute atomic E-state index is 0.604. The quantitative estimate of drug-likeness (QED) is 0.945. The topological polar surface area (TPSA) is 53.9 Å². The Balaban J connectivity index is 1.55. The number of hydrogen-bond donors (Lipinski definition) is 1. The van der Waals surface area contributed by atoms with Crippen molar-refractivity contribution in [2.75, 3.05) is 23.3 Å². The van der Waals surface area contributed by atoms with Crippen LogP contribution in [0.4, 0.5) is 11.6 Å². The Kier molecular flexibility index (Phi) is 3.85. The third-order valence-corrected chi connectivity index (χ3v) is 4.93. The lowest BCUT2D eigenvalue weighted by atomic mass is 9.93. The fourth-order valence-corrected chi connectivity index (χ4v) is 3.33. The Morgan fingerprint density at radius 2 is 2.00 bits per heavy atom. The number of anilines is 2. The summed E-state index contributed by atoms with van der Waals surface area (Å²) < 4.78 is 0. The van der Waals surface area contributed by atoms with Gasteiger partial charge in [0, 0.05) is 36.8 Å². The van der Waals surface area contributed by atoms with Crippen LogP contribution in [0.1, 0.15) is 36.2 Å². The molecule has 1 saturated carbocycles. The highest BCUT2D eigenvalue weighted by Crippen LogP contribution is 2.27. The molecule has 1 aliphatic carbocycles. The Labute approximate surface area is 137 Å². The van der Waals surface area contributed by atoms with Crippen LogP contribution in [0.3, 0.4) is 0 Å². The van der Waals surface area contributed by atoms with Gasteiger partial charge in [-0.3, -0.25) is 0 Å². The molecule has 0 unspecified atom stereocenters. The zero-order chi connectivity index (χ0) is 15.6. The van der Waals surface area contributed by atoms with Crippen molar-refractivity contribution in [3.8, 4) is 0 Å². The van der Waals surface area contributed by atoms with Crippen molar-refractivity contribution >= 4 is 11.6 Å². The molecule has 4 rings (SSSR count). The van der Waals surface area contributed by atoms with E-state index in [1.54, 1.807) is 6.33 Å². The van der Waals surface area contributed by atoms with Gasteiger partial charge in [-0.05, 0) is 44.7 Å². The molecule has 5 heteroatoms.